The molecule has 0 spiro atoms. The van der Waals surface area contributed by atoms with E-state index >= 15 is 0 Å². The first-order valence-electron chi connectivity index (χ1n) is 8.20. The van der Waals surface area contributed by atoms with Gasteiger partial charge in [-0.25, -0.2) is 9.97 Å². The summed E-state index contributed by atoms with van der Waals surface area (Å²) < 4.78 is 3.36. The predicted molar refractivity (Wildman–Crippen MR) is 104 cm³/mol. The molecule has 5 rings (SSSR count). The normalized spacial score (nSPS) is 11.4. The third kappa shape index (κ3) is 2.34. The van der Waals surface area contributed by atoms with Crippen LogP contribution < -0.4 is 0 Å². The Bertz CT molecular complexity index is 1170. The van der Waals surface area contributed by atoms with Crippen LogP contribution in [0.5, 0.6) is 0 Å². The average molecular weight is 341 g/mol. The number of rotatable bonds is 2. The van der Waals surface area contributed by atoms with Gasteiger partial charge in [-0.05, 0) is 30.7 Å². The first kappa shape index (κ1) is 14.4. The van der Waals surface area contributed by atoms with Gasteiger partial charge in [-0.15, -0.1) is 11.3 Å². The van der Waals surface area contributed by atoms with Gasteiger partial charge in [0, 0.05) is 11.8 Å². The van der Waals surface area contributed by atoms with Crippen molar-refractivity contribution in [3.05, 3.63) is 78.5 Å². The lowest BCUT2D eigenvalue weighted by molar-refractivity contribution is 1.16. The molecule has 0 unspecified atom stereocenters. The molecule has 0 radical (unpaired) electrons. The third-order valence-electron chi connectivity index (χ3n) is 4.31. The average Bonchev–Trinajstić information content (AvgIpc) is 3.22. The maximum Gasteiger partial charge on any atom is 0.143 e. The van der Waals surface area contributed by atoms with Crippen LogP contribution >= 0.6 is 11.3 Å². The van der Waals surface area contributed by atoms with E-state index in [9.17, 15) is 0 Å². The second kappa shape index (κ2) is 5.53. The molecule has 0 saturated carbocycles. The lowest BCUT2D eigenvalue weighted by Gasteiger charge is -2.03. The number of aromatic nitrogens is 3. The Kier molecular flexibility index (Phi) is 3.18. The smallest absolute Gasteiger partial charge is 0.143 e. The second-order valence-electron chi connectivity index (χ2n) is 6.10. The van der Waals surface area contributed by atoms with Crippen LogP contribution in [0.2, 0.25) is 0 Å². The minimum Gasteiger partial charge on any atom is -0.297 e. The zero-order valence-corrected chi connectivity index (χ0v) is 14.5. The molecule has 3 heterocycles. The van der Waals surface area contributed by atoms with Crippen molar-refractivity contribution < 1.29 is 0 Å². The predicted octanol–water partition coefficient (Wildman–Crippen LogP) is 5.59. The van der Waals surface area contributed by atoms with E-state index in [0.29, 0.717) is 0 Å². The van der Waals surface area contributed by atoms with Crippen molar-refractivity contribution in [3.8, 4) is 22.0 Å². The molecule has 2 aromatic carbocycles. The van der Waals surface area contributed by atoms with Crippen molar-refractivity contribution in [1.82, 2.24) is 14.4 Å². The van der Waals surface area contributed by atoms with Gasteiger partial charge in [0.1, 0.15) is 16.3 Å². The van der Waals surface area contributed by atoms with E-state index in [4.69, 9.17) is 9.97 Å². The van der Waals surface area contributed by atoms with Crippen molar-refractivity contribution in [2.24, 2.45) is 0 Å². The van der Waals surface area contributed by atoms with Gasteiger partial charge in [0.25, 0.3) is 0 Å². The van der Waals surface area contributed by atoms with Crippen LogP contribution in [0.25, 0.3) is 37.8 Å². The summed E-state index contributed by atoms with van der Waals surface area (Å²) in [6, 6.07) is 22.8. The molecule has 0 bridgehead atoms. The third-order valence-corrected chi connectivity index (χ3v) is 5.35. The number of nitrogens with zero attached hydrogens (tertiary/aromatic N) is 3. The fraction of sp³-hybridized carbons (Fsp3) is 0.0476. The standard InChI is InChI=1S/C21H15N3S/c1-14-11-12-18-23-19(15-7-3-2-4-8-15)20(24(18)13-14)21-22-16-9-5-6-10-17(16)25-21/h2-13H,1H3. The fourth-order valence-electron chi connectivity index (χ4n) is 3.13. The molecule has 3 aromatic heterocycles. The molecule has 0 amide bonds. The van der Waals surface area contributed by atoms with E-state index in [1.165, 1.54) is 10.3 Å². The van der Waals surface area contributed by atoms with Crippen LogP contribution in [-0.2, 0) is 0 Å². The number of aryl methyl sites for hydroxylation is 1. The van der Waals surface area contributed by atoms with Crippen LogP contribution in [0.15, 0.2) is 72.9 Å². The van der Waals surface area contributed by atoms with Crippen molar-refractivity contribution in [1.29, 1.82) is 0 Å². The summed E-state index contributed by atoms with van der Waals surface area (Å²) in [4.78, 5) is 9.78. The number of fused-ring (bicyclic) bond motifs is 2. The zero-order chi connectivity index (χ0) is 16.8. The molecule has 3 nitrogen and oxygen atoms in total. The van der Waals surface area contributed by atoms with Crippen molar-refractivity contribution in [2.45, 2.75) is 6.92 Å². The van der Waals surface area contributed by atoms with Gasteiger partial charge in [0.05, 0.1) is 15.9 Å². The minimum atomic E-state index is 0.943. The van der Waals surface area contributed by atoms with Crippen molar-refractivity contribution >= 4 is 27.2 Å². The van der Waals surface area contributed by atoms with Gasteiger partial charge in [-0.1, -0.05) is 48.5 Å². The first-order valence-corrected chi connectivity index (χ1v) is 9.01. The number of benzene rings is 2. The summed E-state index contributed by atoms with van der Waals surface area (Å²) in [5, 5.41) is 0.998. The van der Waals surface area contributed by atoms with Gasteiger partial charge in [0.15, 0.2) is 0 Å². The lowest BCUT2D eigenvalue weighted by Crippen LogP contribution is -1.90. The lowest BCUT2D eigenvalue weighted by atomic mass is 10.1. The Morgan fingerprint density at radius 1 is 0.840 bits per heavy atom. The van der Waals surface area contributed by atoms with E-state index < -0.39 is 0 Å². The Balaban J connectivity index is 1.87. The van der Waals surface area contributed by atoms with Crippen molar-refractivity contribution in [2.75, 3.05) is 0 Å². The molecule has 4 heteroatoms. The zero-order valence-electron chi connectivity index (χ0n) is 13.7. The van der Waals surface area contributed by atoms with Crippen LogP contribution in [0.4, 0.5) is 0 Å². The van der Waals surface area contributed by atoms with E-state index in [-0.39, 0.29) is 0 Å². The summed E-state index contributed by atoms with van der Waals surface area (Å²) in [7, 11) is 0. The first-order chi connectivity index (χ1) is 12.3. The SMILES string of the molecule is Cc1ccc2nc(-c3ccccc3)c(-c3nc4ccccc4s3)n2c1. The van der Waals surface area contributed by atoms with Gasteiger partial charge < -0.3 is 0 Å². The molecule has 25 heavy (non-hydrogen) atoms. The van der Waals surface area contributed by atoms with Crippen LogP contribution in [-0.4, -0.2) is 14.4 Å². The topological polar surface area (TPSA) is 30.2 Å². The summed E-state index contributed by atoms with van der Waals surface area (Å²) in [6.45, 7) is 2.10. The van der Waals surface area contributed by atoms with E-state index in [0.717, 1.165) is 33.1 Å². The summed E-state index contributed by atoms with van der Waals surface area (Å²) in [5.41, 5.74) is 6.32. The van der Waals surface area contributed by atoms with Crippen molar-refractivity contribution in [3.63, 3.8) is 0 Å². The van der Waals surface area contributed by atoms with Gasteiger partial charge >= 0.3 is 0 Å². The molecule has 120 valence electrons. The largest absolute Gasteiger partial charge is 0.297 e. The highest BCUT2D eigenvalue weighted by molar-refractivity contribution is 7.21. The fourth-order valence-corrected chi connectivity index (χ4v) is 4.13. The van der Waals surface area contributed by atoms with Gasteiger partial charge in [0.2, 0.25) is 0 Å². The van der Waals surface area contributed by atoms with E-state index in [1.807, 2.05) is 24.3 Å². The highest BCUT2D eigenvalue weighted by Gasteiger charge is 2.19. The maximum absolute atomic E-state index is 4.90. The number of imidazole rings is 1. The number of thiazole rings is 1. The number of hydrogen-bond acceptors (Lipinski definition) is 3. The molecular weight excluding hydrogens is 326 g/mol. The second-order valence-corrected chi connectivity index (χ2v) is 7.13. The van der Waals surface area contributed by atoms with E-state index in [2.05, 4.69) is 60.0 Å². The number of para-hydroxylation sites is 1. The molecular formula is C21H15N3S. The molecule has 5 aromatic rings. The quantitative estimate of drug-likeness (QED) is 0.419. The minimum absolute atomic E-state index is 0.943. The van der Waals surface area contributed by atoms with Crippen LogP contribution in [0.1, 0.15) is 5.56 Å². The van der Waals surface area contributed by atoms with Crippen LogP contribution in [0.3, 0.4) is 0 Å². The van der Waals surface area contributed by atoms with Gasteiger partial charge in [-0.2, -0.15) is 0 Å². The van der Waals surface area contributed by atoms with E-state index in [1.54, 1.807) is 11.3 Å². The molecule has 0 fully saturated rings. The monoisotopic (exact) mass is 341 g/mol. The Morgan fingerprint density at radius 3 is 2.48 bits per heavy atom. The summed E-state index contributed by atoms with van der Waals surface area (Å²) in [5.74, 6) is 0. The van der Waals surface area contributed by atoms with Crippen LogP contribution in [0, 0.1) is 6.92 Å². The molecule has 0 aliphatic carbocycles. The maximum atomic E-state index is 4.90. The Labute approximate surface area is 149 Å². The number of pyridine rings is 1. The number of hydrogen-bond donors (Lipinski definition) is 0. The summed E-state index contributed by atoms with van der Waals surface area (Å²) in [6.07, 6.45) is 2.14. The Morgan fingerprint density at radius 2 is 1.64 bits per heavy atom. The Hall–Kier alpha value is -2.98. The molecule has 0 saturated heterocycles. The van der Waals surface area contributed by atoms with Gasteiger partial charge in [-0.3, -0.25) is 4.40 Å². The summed E-state index contributed by atoms with van der Waals surface area (Å²) >= 11 is 1.71. The molecule has 0 atom stereocenters. The highest BCUT2D eigenvalue weighted by atomic mass is 32.1. The molecule has 0 aliphatic rings. The highest BCUT2D eigenvalue weighted by Crippen LogP contribution is 2.37. The molecule has 0 aliphatic heterocycles. The molecule has 0 N–H and O–H groups in total.